The number of hydrogen-bond acceptors (Lipinski definition) is 4. The van der Waals surface area contributed by atoms with Crippen molar-refractivity contribution in [2.45, 2.75) is 38.6 Å². The lowest BCUT2D eigenvalue weighted by molar-refractivity contribution is -0.170. The summed E-state index contributed by atoms with van der Waals surface area (Å²) in [5, 5.41) is 0. The maximum absolute atomic E-state index is 12.4. The van der Waals surface area contributed by atoms with Crippen molar-refractivity contribution in [3.63, 3.8) is 0 Å². The van der Waals surface area contributed by atoms with Crippen LogP contribution in [0.25, 0.3) is 0 Å². The van der Waals surface area contributed by atoms with Gasteiger partial charge in [-0.3, -0.25) is 14.5 Å². The second-order valence-electron chi connectivity index (χ2n) is 5.39. The van der Waals surface area contributed by atoms with Crippen molar-refractivity contribution in [1.29, 1.82) is 0 Å². The summed E-state index contributed by atoms with van der Waals surface area (Å²) in [4.78, 5) is 37.2. The highest BCUT2D eigenvalue weighted by molar-refractivity contribution is 6.35. The first-order chi connectivity index (χ1) is 10.4. The van der Waals surface area contributed by atoms with Crippen molar-refractivity contribution in [1.82, 2.24) is 4.90 Å². The van der Waals surface area contributed by atoms with E-state index in [1.54, 1.807) is 25.1 Å². The summed E-state index contributed by atoms with van der Waals surface area (Å²) >= 11 is 0. The minimum Gasteiger partial charge on any atom is -0.459 e. The molecule has 2 radical (unpaired) electrons. The molecule has 0 aromatic heterocycles. The van der Waals surface area contributed by atoms with Gasteiger partial charge in [-0.05, 0) is 31.7 Å². The number of benzene rings is 1. The van der Waals surface area contributed by atoms with Crippen molar-refractivity contribution in [2.75, 3.05) is 6.61 Å². The van der Waals surface area contributed by atoms with E-state index in [0.717, 1.165) is 16.9 Å². The molecule has 0 unspecified atom stereocenters. The fourth-order valence-electron chi connectivity index (χ4n) is 2.90. The van der Waals surface area contributed by atoms with E-state index in [9.17, 15) is 14.4 Å². The summed E-state index contributed by atoms with van der Waals surface area (Å²) < 4.78 is 4.75. The molecule has 114 valence electrons. The zero-order valence-electron chi connectivity index (χ0n) is 12.8. The minimum absolute atomic E-state index is 0.0849. The largest absolute Gasteiger partial charge is 0.459 e. The third kappa shape index (κ3) is 2.78. The smallest absolute Gasteiger partial charge is 0.397 e. The van der Waals surface area contributed by atoms with E-state index >= 15 is 0 Å². The molecule has 22 heavy (non-hydrogen) atoms. The van der Waals surface area contributed by atoms with E-state index in [2.05, 4.69) is 0 Å². The Morgan fingerprint density at radius 3 is 2.45 bits per heavy atom. The maximum Gasteiger partial charge on any atom is 0.397 e. The van der Waals surface area contributed by atoms with Gasteiger partial charge in [0.25, 0.3) is 0 Å². The van der Waals surface area contributed by atoms with Gasteiger partial charge in [0, 0.05) is 6.92 Å². The highest BCUT2D eigenvalue weighted by Gasteiger charge is 2.50. The maximum atomic E-state index is 12.4. The second-order valence-corrected chi connectivity index (χ2v) is 5.39. The van der Waals surface area contributed by atoms with Crippen LogP contribution >= 0.6 is 0 Å². The molecule has 0 atom stereocenters. The Morgan fingerprint density at radius 2 is 2.00 bits per heavy atom. The Hall–Kier alpha value is -2.11. The topological polar surface area (TPSA) is 63.7 Å². The highest BCUT2D eigenvalue weighted by atomic mass is 16.5. The van der Waals surface area contributed by atoms with Crippen LogP contribution in [0.15, 0.2) is 24.3 Å². The van der Waals surface area contributed by atoms with Crippen LogP contribution in [0.5, 0.6) is 0 Å². The summed E-state index contributed by atoms with van der Waals surface area (Å²) in [6.45, 7) is 2.98. The third-order valence-electron chi connectivity index (χ3n) is 4.00. The van der Waals surface area contributed by atoms with Crippen molar-refractivity contribution in [3.05, 3.63) is 29.8 Å². The van der Waals surface area contributed by atoms with Crippen LogP contribution < -0.4 is 5.46 Å². The molecule has 6 heteroatoms. The van der Waals surface area contributed by atoms with Gasteiger partial charge in [0.15, 0.2) is 0 Å². The molecule has 5 nitrogen and oxygen atoms in total. The van der Waals surface area contributed by atoms with Gasteiger partial charge in [-0.1, -0.05) is 29.7 Å². The molecule has 2 rings (SSSR count). The van der Waals surface area contributed by atoms with Crippen LogP contribution in [0, 0.1) is 0 Å². The predicted octanol–water partition coefficient (Wildman–Crippen LogP) is 0.798. The standard InChI is InChI=1S/C16H18BNO4/c1-3-22-15(21)14(20)18(11(2)19)16(8-5-9-16)12-6-4-7-13(17)10-12/h4,6-7,10H,3,5,8-9H2,1-2H3. The highest BCUT2D eigenvalue weighted by Crippen LogP contribution is 2.46. The first-order valence-electron chi connectivity index (χ1n) is 7.30. The SMILES string of the molecule is [B]c1cccc(C2(N(C(C)=O)C(=O)C(=O)OCC)CCC2)c1. The van der Waals surface area contributed by atoms with Crippen LogP contribution in [-0.2, 0) is 24.7 Å². The fourth-order valence-corrected chi connectivity index (χ4v) is 2.90. The Kier molecular flexibility index (Phi) is 4.69. The number of carbonyl (C=O) groups is 3. The van der Waals surface area contributed by atoms with Crippen LogP contribution in [0.4, 0.5) is 0 Å². The molecule has 1 saturated carbocycles. The molecular formula is C16H18BNO4. The normalized spacial score (nSPS) is 15.5. The summed E-state index contributed by atoms with van der Waals surface area (Å²) in [5.41, 5.74) is 0.521. The lowest BCUT2D eigenvalue weighted by atomic mass is 9.69. The van der Waals surface area contributed by atoms with Gasteiger partial charge < -0.3 is 4.74 Å². The number of esters is 1. The lowest BCUT2D eigenvalue weighted by Crippen LogP contribution is -2.58. The van der Waals surface area contributed by atoms with E-state index in [-0.39, 0.29) is 6.61 Å². The Labute approximate surface area is 131 Å². The molecule has 0 saturated heterocycles. The number of nitrogens with zero attached hydrogens (tertiary/aromatic N) is 1. The summed E-state index contributed by atoms with van der Waals surface area (Å²) in [5.74, 6) is -2.40. The van der Waals surface area contributed by atoms with Crippen LogP contribution in [0.3, 0.4) is 0 Å². The second kappa shape index (κ2) is 6.34. The lowest BCUT2D eigenvalue weighted by Gasteiger charge is -2.48. The van der Waals surface area contributed by atoms with E-state index in [4.69, 9.17) is 12.6 Å². The molecule has 1 fully saturated rings. The quantitative estimate of drug-likeness (QED) is 0.470. The molecule has 0 aliphatic heterocycles. The van der Waals surface area contributed by atoms with E-state index in [1.165, 1.54) is 6.92 Å². The number of hydrogen-bond donors (Lipinski definition) is 0. The van der Waals surface area contributed by atoms with Crippen LogP contribution in [-0.4, -0.2) is 37.1 Å². The molecule has 1 aliphatic rings. The summed E-state index contributed by atoms with van der Waals surface area (Å²) in [7, 11) is 5.81. The fraction of sp³-hybridized carbons (Fsp3) is 0.438. The van der Waals surface area contributed by atoms with Crippen molar-refractivity contribution in [3.8, 4) is 0 Å². The summed E-state index contributed by atoms with van der Waals surface area (Å²) in [6, 6.07) is 7.08. The van der Waals surface area contributed by atoms with E-state index < -0.39 is 23.3 Å². The molecule has 0 bridgehead atoms. The third-order valence-corrected chi connectivity index (χ3v) is 4.00. The Bertz CT molecular complexity index is 610. The number of rotatable bonds is 3. The average molecular weight is 299 g/mol. The van der Waals surface area contributed by atoms with Gasteiger partial charge in [-0.25, -0.2) is 4.79 Å². The van der Waals surface area contributed by atoms with Gasteiger partial charge in [0.2, 0.25) is 5.91 Å². The monoisotopic (exact) mass is 299 g/mol. The van der Waals surface area contributed by atoms with Gasteiger partial charge in [0.1, 0.15) is 7.85 Å². The first kappa shape index (κ1) is 16.3. The van der Waals surface area contributed by atoms with Gasteiger partial charge in [-0.15, -0.1) is 0 Å². The van der Waals surface area contributed by atoms with Crippen molar-refractivity contribution >= 4 is 31.1 Å². The molecule has 0 spiro atoms. The van der Waals surface area contributed by atoms with E-state index in [0.29, 0.717) is 18.3 Å². The molecule has 2 amide bonds. The molecule has 0 N–H and O–H groups in total. The van der Waals surface area contributed by atoms with E-state index in [1.807, 2.05) is 6.07 Å². The number of imide groups is 1. The first-order valence-corrected chi connectivity index (χ1v) is 7.30. The Balaban J connectivity index is 2.43. The molecule has 1 aromatic carbocycles. The molecule has 1 aliphatic carbocycles. The zero-order chi connectivity index (χ0) is 16.3. The number of carbonyl (C=O) groups excluding carboxylic acids is 3. The van der Waals surface area contributed by atoms with Crippen LogP contribution in [0.1, 0.15) is 38.7 Å². The Morgan fingerprint density at radius 1 is 1.32 bits per heavy atom. The van der Waals surface area contributed by atoms with Gasteiger partial charge >= 0.3 is 11.9 Å². The number of ether oxygens (including phenoxy) is 1. The molecule has 1 aromatic rings. The summed E-state index contributed by atoms with van der Waals surface area (Å²) in [6.07, 6.45) is 2.09. The molecule has 0 heterocycles. The number of amides is 2. The average Bonchev–Trinajstić information content (AvgIpc) is 2.41. The van der Waals surface area contributed by atoms with Crippen molar-refractivity contribution < 1.29 is 19.1 Å². The predicted molar refractivity (Wildman–Crippen MR) is 81.5 cm³/mol. The minimum atomic E-state index is -1.01. The zero-order valence-corrected chi connectivity index (χ0v) is 12.8. The van der Waals surface area contributed by atoms with Gasteiger partial charge in [0.05, 0.1) is 12.1 Å². The van der Waals surface area contributed by atoms with Gasteiger partial charge in [-0.2, -0.15) is 0 Å². The molecular weight excluding hydrogens is 281 g/mol. The van der Waals surface area contributed by atoms with Crippen LogP contribution in [0.2, 0.25) is 0 Å². The van der Waals surface area contributed by atoms with Crippen molar-refractivity contribution in [2.24, 2.45) is 0 Å².